The van der Waals surface area contributed by atoms with Gasteiger partial charge in [0.1, 0.15) is 0 Å². The van der Waals surface area contributed by atoms with Gasteiger partial charge in [0.2, 0.25) is 0 Å². The van der Waals surface area contributed by atoms with Crippen molar-refractivity contribution in [2.45, 2.75) is 6.42 Å². The van der Waals surface area contributed by atoms with E-state index in [1.165, 1.54) is 10.1 Å². The molecule has 0 saturated heterocycles. The van der Waals surface area contributed by atoms with Gasteiger partial charge in [-0.2, -0.15) is 0 Å². The number of halogens is 1. The molecule has 0 saturated carbocycles. The topological polar surface area (TPSA) is 63.3 Å². The molecule has 1 atom stereocenters. The maximum atomic E-state index is 10.9. The number of carbonyl (C=O) groups is 1. The third-order valence-corrected chi connectivity index (χ3v) is 3.70. The van der Waals surface area contributed by atoms with E-state index in [0.717, 1.165) is 4.88 Å². The summed E-state index contributed by atoms with van der Waals surface area (Å²) in [4.78, 5) is 12.0. The second kappa shape index (κ2) is 6.00. The molecule has 5 heteroatoms. The van der Waals surface area contributed by atoms with Gasteiger partial charge in [0.15, 0.2) is 0 Å². The number of aliphatic carboxylic acids is 1. The Balaban J connectivity index is 0.00000144. The molecular weight excluding hydrogens is 258 g/mol. The van der Waals surface area contributed by atoms with E-state index >= 15 is 0 Å². The number of hydrogen-bond donors (Lipinski definition) is 2. The van der Waals surface area contributed by atoms with Gasteiger partial charge in [0.05, 0.1) is 5.92 Å². The van der Waals surface area contributed by atoms with Crippen molar-refractivity contribution in [1.82, 2.24) is 0 Å². The number of nitrogens with two attached hydrogens (primary N) is 1. The average Bonchev–Trinajstić information content (AvgIpc) is 2.67. The third-order valence-electron chi connectivity index (χ3n) is 2.56. The Morgan fingerprint density at radius 2 is 2.12 bits per heavy atom. The number of thiophene rings is 1. The molecule has 0 spiro atoms. The van der Waals surface area contributed by atoms with Crippen molar-refractivity contribution in [3.63, 3.8) is 0 Å². The molecule has 1 aromatic carbocycles. The number of benzene rings is 1. The van der Waals surface area contributed by atoms with Crippen molar-refractivity contribution in [3.8, 4) is 0 Å². The normalized spacial score (nSPS) is 12.1. The summed E-state index contributed by atoms with van der Waals surface area (Å²) in [6, 6.07) is 10.1. The van der Waals surface area contributed by atoms with Crippen LogP contribution in [-0.2, 0) is 11.2 Å². The van der Waals surface area contributed by atoms with Crippen LogP contribution in [0.3, 0.4) is 0 Å². The molecule has 1 unspecified atom stereocenters. The minimum atomic E-state index is -0.819. The number of fused-ring (bicyclic) bond motifs is 1. The Morgan fingerprint density at radius 3 is 2.71 bits per heavy atom. The highest BCUT2D eigenvalue weighted by molar-refractivity contribution is 7.19. The lowest BCUT2D eigenvalue weighted by Crippen LogP contribution is -2.24. The molecule has 0 fully saturated rings. The van der Waals surface area contributed by atoms with Gasteiger partial charge in [-0.3, -0.25) is 4.79 Å². The molecule has 3 N–H and O–H groups in total. The largest absolute Gasteiger partial charge is 0.481 e. The zero-order valence-corrected chi connectivity index (χ0v) is 10.8. The zero-order valence-electron chi connectivity index (χ0n) is 9.13. The van der Waals surface area contributed by atoms with Crippen LogP contribution in [0.25, 0.3) is 10.1 Å². The van der Waals surface area contributed by atoms with Crippen LogP contribution in [-0.4, -0.2) is 17.6 Å². The van der Waals surface area contributed by atoms with E-state index in [0.29, 0.717) is 6.42 Å². The van der Waals surface area contributed by atoms with Gasteiger partial charge in [-0.05, 0) is 23.9 Å². The van der Waals surface area contributed by atoms with Crippen LogP contribution in [0.4, 0.5) is 0 Å². The van der Waals surface area contributed by atoms with Crippen LogP contribution in [0.2, 0.25) is 0 Å². The molecule has 0 aliphatic carbocycles. The van der Waals surface area contributed by atoms with E-state index in [-0.39, 0.29) is 19.0 Å². The Kier molecular flexibility index (Phi) is 4.93. The molecule has 0 aliphatic rings. The van der Waals surface area contributed by atoms with Crippen molar-refractivity contribution in [3.05, 3.63) is 35.2 Å². The average molecular weight is 272 g/mol. The molecule has 2 aromatic rings. The lowest BCUT2D eigenvalue weighted by Gasteiger charge is -2.06. The lowest BCUT2D eigenvalue weighted by molar-refractivity contribution is -0.141. The lowest BCUT2D eigenvalue weighted by atomic mass is 10.1. The monoisotopic (exact) mass is 271 g/mol. The maximum absolute atomic E-state index is 10.9. The summed E-state index contributed by atoms with van der Waals surface area (Å²) < 4.78 is 1.19. The molecule has 17 heavy (non-hydrogen) atoms. The van der Waals surface area contributed by atoms with Gasteiger partial charge in [-0.1, -0.05) is 18.2 Å². The van der Waals surface area contributed by atoms with Crippen LogP contribution in [0.1, 0.15) is 4.88 Å². The first-order valence-corrected chi connectivity index (χ1v) is 5.92. The first kappa shape index (κ1) is 14.0. The van der Waals surface area contributed by atoms with Gasteiger partial charge in [-0.25, -0.2) is 0 Å². The standard InChI is InChI=1S/C12H13NO2S.ClH/c13-7-9(12(14)15)6-10-5-8-3-1-2-4-11(8)16-10;/h1-5,9H,6-7,13H2,(H,14,15);1H. The van der Waals surface area contributed by atoms with Crippen LogP contribution in [0.15, 0.2) is 30.3 Å². The summed E-state index contributed by atoms with van der Waals surface area (Å²) >= 11 is 1.64. The van der Waals surface area contributed by atoms with E-state index < -0.39 is 11.9 Å². The van der Waals surface area contributed by atoms with Gasteiger partial charge >= 0.3 is 5.97 Å². The fourth-order valence-corrected chi connectivity index (χ4v) is 2.80. The SMILES string of the molecule is Cl.NCC(Cc1cc2ccccc2s1)C(=O)O. The number of carboxylic acid groups (broad SMARTS) is 1. The van der Waals surface area contributed by atoms with Crippen molar-refractivity contribution in [2.75, 3.05) is 6.54 Å². The number of rotatable bonds is 4. The summed E-state index contributed by atoms with van der Waals surface area (Å²) in [5.74, 6) is -1.30. The Hall–Kier alpha value is -1.10. The number of hydrogen-bond acceptors (Lipinski definition) is 3. The second-order valence-electron chi connectivity index (χ2n) is 3.73. The highest BCUT2D eigenvalue weighted by atomic mass is 35.5. The summed E-state index contributed by atoms with van der Waals surface area (Å²) in [5, 5.41) is 10.1. The molecule has 2 rings (SSSR count). The van der Waals surface area contributed by atoms with E-state index in [1.807, 2.05) is 30.3 Å². The van der Waals surface area contributed by atoms with Crippen molar-refractivity contribution in [2.24, 2.45) is 11.7 Å². The first-order valence-electron chi connectivity index (χ1n) is 5.11. The highest BCUT2D eigenvalue weighted by Gasteiger charge is 2.17. The van der Waals surface area contributed by atoms with Gasteiger partial charge < -0.3 is 10.8 Å². The van der Waals surface area contributed by atoms with E-state index in [1.54, 1.807) is 11.3 Å². The minimum Gasteiger partial charge on any atom is -0.481 e. The molecule has 92 valence electrons. The van der Waals surface area contributed by atoms with E-state index in [4.69, 9.17) is 10.8 Å². The van der Waals surface area contributed by atoms with Crippen molar-refractivity contribution >= 4 is 39.8 Å². The van der Waals surface area contributed by atoms with Gasteiger partial charge in [0.25, 0.3) is 0 Å². The predicted octanol–water partition coefficient (Wildman–Crippen LogP) is 2.53. The predicted molar refractivity (Wildman–Crippen MR) is 73.0 cm³/mol. The summed E-state index contributed by atoms with van der Waals surface area (Å²) in [6.45, 7) is 0.184. The highest BCUT2D eigenvalue weighted by Crippen LogP contribution is 2.27. The quantitative estimate of drug-likeness (QED) is 0.898. The Morgan fingerprint density at radius 1 is 1.41 bits per heavy atom. The third kappa shape index (κ3) is 3.19. The van der Waals surface area contributed by atoms with Crippen LogP contribution >= 0.6 is 23.7 Å². The first-order chi connectivity index (χ1) is 7.70. The Bertz CT molecular complexity index is 479. The molecule has 0 bridgehead atoms. The summed E-state index contributed by atoms with van der Waals surface area (Å²) in [7, 11) is 0. The van der Waals surface area contributed by atoms with Crippen molar-refractivity contribution in [1.29, 1.82) is 0 Å². The minimum absolute atomic E-state index is 0. The Labute approximate surface area is 110 Å². The summed E-state index contributed by atoms with van der Waals surface area (Å²) in [5.41, 5.74) is 5.44. The fourth-order valence-electron chi connectivity index (χ4n) is 1.65. The molecule has 3 nitrogen and oxygen atoms in total. The number of carboxylic acids is 1. The molecule has 1 heterocycles. The molecule has 1 aromatic heterocycles. The maximum Gasteiger partial charge on any atom is 0.308 e. The van der Waals surface area contributed by atoms with Crippen molar-refractivity contribution < 1.29 is 9.90 Å². The fraction of sp³-hybridized carbons (Fsp3) is 0.250. The van der Waals surface area contributed by atoms with Gasteiger partial charge in [0, 0.05) is 16.1 Å². The van der Waals surface area contributed by atoms with Gasteiger partial charge in [-0.15, -0.1) is 23.7 Å². The second-order valence-corrected chi connectivity index (χ2v) is 4.89. The zero-order chi connectivity index (χ0) is 11.5. The van der Waals surface area contributed by atoms with Crippen LogP contribution in [0.5, 0.6) is 0 Å². The molecule has 0 amide bonds. The molecular formula is C12H14ClNO2S. The molecule has 0 aliphatic heterocycles. The van der Waals surface area contributed by atoms with E-state index in [2.05, 4.69) is 0 Å². The molecule has 0 radical (unpaired) electrons. The van der Waals surface area contributed by atoms with Crippen LogP contribution in [0, 0.1) is 5.92 Å². The van der Waals surface area contributed by atoms with Crippen LogP contribution < -0.4 is 5.73 Å². The smallest absolute Gasteiger partial charge is 0.308 e. The van der Waals surface area contributed by atoms with E-state index in [9.17, 15) is 4.79 Å². The summed E-state index contributed by atoms with van der Waals surface area (Å²) in [6.07, 6.45) is 0.519.